The van der Waals surface area contributed by atoms with Crippen LogP contribution in [0.15, 0.2) is 6.20 Å². The molecule has 7 nitrogen and oxygen atoms in total. The number of carbonyl (C=O) groups is 1. The summed E-state index contributed by atoms with van der Waals surface area (Å²) in [4.78, 5) is 25.5. The minimum absolute atomic E-state index is 0.0907. The zero-order chi connectivity index (χ0) is 13.7. The topological polar surface area (TPSA) is 87.3 Å². The van der Waals surface area contributed by atoms with E-state index in [0.29, 0.717) is 12.2 Å². The third kappa shape index (κ3) is 3.28. The molecule has 1 atom stereocenters. The maximum Gasteiger partial charge on any atom is 0.342 e. The number of hydrogen-bond acceptors (Lipinski definition) is 5. The highest BCUT2D eigenvalue weighted by molar-refractivity contribution is 5.71. The van der Waals surface area contributed by atoms with Crippen molar-refractivity contribution < 1.29 is 14.5 Å². The molecule has 0 N–H and O–H groups in total. The number of aryl methyl sites for hydroxylation is 1. The van der Waals surface area contributed by atoms with E-state index in [1.54, 1.807) is 13.8 Å². The van der Waals surface area contributed by atoms with Crippen molar-refractivity contribution in [3.63, 3.8) is 0 Å². The maximum absolute atomic E-state index is 11.4. The van der Waals surface area contributed by atoms with Gasteiger partial charge < -0.3 is 14.9 Å². The van der Waals surface area contributed by atoms with Crippen molar-refractivity contribution in [1.82, 2.24) is 9.55 Å². The van der Waals surface area contributed by atoms with Crippen molar-refractivity contribution in [3.05, 3.63) is 22.1 Å². The van der Waals surface area contributed by atoms with Crippen LogP contribution in [0.5, 0.6) is 0 Å². The molecule has 1 aromatic heterocycles. The van der Waals surface area contributed by atoms with E-state index < -0.39 is 4.92 Å². The molecule has 100 valence electrons. The number of nitro groups is 1. The Morgan fingerprint density at radius 3 is 2.89 bits per heavy atom. The Morgan fingerprint density at radius 2 is 2.33 bits per heavy atom. The van der Waals surface area contributed by atoms with Crippen molar-refractivity contribution in [2.24, 2.45) is 5.92 Å². The summed E-state index contributed by atoms with van der Waals surface area (Å²) in [6.45, 7) is 5.71. The van der Waals surface area contributed by atoms with Gasteiger partial charge in [0.2, 0.25) is 0 Å². The second-order valence-electron chi connectivity index (χ2n) is 4.05. The number of esters is 1. The average molecular weight is 255 g/mol. The average Bonchev–Trinajstić information content (AvgIpc) is 2.70. The molecule has 0 amide bonds. The fourth-order valence-corrected chi connectivity index (χ4v) is 1.42. The van der Waals surface area contributed by atoms with E-state index in [2.05, 4.69) is 4.98 Å². The number of imidazole rings is 1. The van der Waals surface area contributed by atoms with Gasteiger partial charge in [-0.3, -0.25) is 4.79 Å². The lowest BCUT2D eigenvalue weighted by Crippen LogP contribution is -2.18. The summed E-state index contributed by atoms with van der Waals surface area (Å²) < 4.78 is 6.47. The summed E-state index contributed by atoms with van der Waals surface area (Å²) in [5.41, 5.74) is 0. The normalized spacial score (nSPS) is 12.2. The molecular weight excluding hydrogens is 238 g/mol. The minimum Gasteiger partial charge on any atom is -0.461 e. The molecule has 18 heavy (non-hydrogen) atoms. The van der Waals surface area contributed by atoms with E-state index in [4.69, 9.17) is 4.74 Å². The Kier molecular flexibility index (Phi) is 4.82. The van der Waals surface area contributed by atoms with E-state index in [1.165, 1.54) is 10.8 Å². The maximum atomic E-state index is 11.4. The van der Waals surface area contributed by atoms with Gasteiger partial charge in [0.25, 0.3) is 0 Å². The van der Waals surface area contributed by atoms with Crippen LogP contribution >= 0.6 is 0 Å². The second-order valence-corrected chi connectivity index (χ2v) is 4.05. The molecular formula is C11H17N3O4. The Balaban J connectivity index is 2.56. The van der Waals surface area contributed by atoms with Crippen LogP contribution in [0.4, 0.5) is 5.82 Å². The molecule has 7 heteroatoms. The van der Waals surface area contributed by atoms with Crippen LogP contribution in [0.1, 0.15) is 26.1 Å². The molecule has 0 saturated carbocycles. The summed E-state index contributed by atoms with van der Waals surface area (Å²) in [5, 5.41) is 10.7. The molecule has 0 saturated heterocycles. The first kappa shape index (κ1) is 14.1. The van der Waals surface area contributed by atoms with Crippen molar-refractivity contribution in [2.45, 2.75) is 33.7 Å². The summed E-state index contributed by atoms with van der Waals surface area (Å²) in [6.07, 6.45) is 1.91. The van der Waals surface area contributed by atoms with E-state index in [9.17, 15) is 14.9 Å². The van der Waals surface area contributed by atoms with E-state index in [1.807, 2.05) is 6.92 Å². The van der Waals surface area contributed by atoms with Crippen LogP contribution < -0.4 is 0 Å². The molecule has 1 unspecified atom stereocenters. The lowest BCUT2D eigenvalue weighted by molar-refractivity contribution is -0.392. The number of nitrogens with zero attached hydrogens (tertiary/aromatic N) is 3. The van der Waals surface area contributed by atoms with Gasteiger partial charge in [0.1, 0.15) is 19.3 Å². The Morgan fingerprint density at radius 1 is 1.67 bits per heavy atom. The highest BCUT2D eigenvalue weighted by Crippen LogP contribution is 2.13. The SMILES string of the molecule is CCC(C)C(=O)OCCn1c([N+](=O)[O-])cnc1C. The first-order valence-corrected chi connectivity index (χ1v) is 5.80. The Labute approximate surface area is 105 Å². The largest absolute Gasteiger partial charge is 0.461 e. The predicted molar refractivity (Wildman–Crippen MR) is 64.0 cm³/mol. The lowest BCUT2D eigenvalue weighted by Gasteiger charge is -2.08. The number of aromatic nitrogens is 2. The van der Waals surface area contributed by atoms with Crippen molar-refractivity contribution in [3.8, 4) is 0 Å². The van der Waals surface area contributed by atoms with Gasteiger partial charge in [-0.2, -0.15) is 0 Å². The standard InChI is InChI=1S/C11H17N3O4/c1-4-8(2)11(15)18-6-5-13-9(3)12-7-10(13)14(16)17/h7-8H,4-6H2,1-3H3. The van der Waals surface area contributed by atoms with Crippen molar-refractivity contribution >= 4 is 11.8 Å². The smallest absolute Gasteiger partial charge is 0.342 e. The van der Waals surface area contributed by atoms with E-state index in [0.717, 1.165) is 0 Å². The first-order valence-electron chi connectivity index (χ1n) is 5.80. The summed E-state index contributed by atoms with van der Waals surface area (Å²) in [5.74, 6) is 0.00942. The number of rotatable bonds is 6. The Hall–Kier alpha value is -1.92. The highest BCUT2D eigenvalue weighted by atomic mass is 16.6. The van der Waals surface area contributed by atoms with Gasteiger partial charge >= 0.3 is 11.8 Å². The van der Waals surface area contributed by atoms with Gasteiger partial charge in [-0.05, 0) is 11.3 Å². The monoisotopic (exact) mass is 255 g/mol. The van der Waals surface area contributed by atoms with Gasteiger partial charge in [0, 0.05) is 6.92 Å². The van der Waals surface area contributed by atoms with Crippen molar-refractivity contribution in [1.29, 1.82) is 0 Å². The fraction of sp³-hybridized carbons (Fsp3) is 0.636. The summed E-state index contributed by atoms with van der Waals surface area (Å²) >= 11 is 0. The van der Waals surface area contributed by atoms with Gasteiger partial charge in [-0.15, -0.1) is 0 Å². The molecule has 0 aliphatic heterocycles. The van der Waals surface area contributed by atoms with Crippen molar-refractivity contribution in [2.75, 3.05) is 6.61 Å². The van der Waals surface area contributed by atoms with E-state index >= 15 is 0 Å². The third-order valence-electron chi connectivity index (χ3n) is 2.80. The first-order chi connectivity index (χ1) is 8.47. The second kappa shape index (κ2) is 6.13. The van der Waals surface area contributed by atoms with Crippen LogP contribution in [0.2, 0.25) is 0 Å². The number of carbonyl (C=O) groups excluding carboxylic acids is 1. The summed E-state index contributed by atoms with van der Waals surface area (Å²) in [7, 11) is 0. The molecule has 0 fully saturated rings. The van der Waals surface area contributed by atoms with Gasteiger partial charge in [0.15, 0.2) is 5.82 Å². The quantitative estimate of drug-likeness (QED) is 0.438. The molecule has 1 aromatic rings. The third-order valence-corrected chi connectivity index (χ3v) is 2.80. The molecule has 0 spiro atoms. The summed E-state index contributed by atoms with van der Waals surface area (Å²) in [6, 6.07) is 0. The number of ether oxygens (including phenoxy) is 1. The molecule has 0 aliphatic carbocycles. The van der Waals surface area contributed by atoms with Crippen LogP contribution in [0.25, 0.3) is 0 Å². The van der Waals surface area contributed by atoms with Gasteiger partial charge in [-0.25, -0.2) is 9.55 Å². The van der Waals surface area contributed by atoms with Crippen LogP contribution in [-0.4, -0.2) is 27.1 Å². The zero-order valence-electron chi connectivity index (χ0n) is 10.8. The molecule has 0 aromatic carbocycles. The number of hydrogen-bond donors (Lipinski definition) is 0. The molecule has 1 heterocycles. The van der Waals surface area contributed by atoms with Crippen LogP contribution in [0.3, 0.4) is 0 Å². The minimum atomic E-state index is -0.503. The predicted octanol–water partition coefficient (Wildman–Crippen LogP) is 1.69. The van der Waals surface area contributed by atoms with Crippen LogP contribution in [0, 0.1) is 23.0 Å². The van der Waals surface area contributed by atoms with E-state index in [-0.39, 0.29) is 30.9 Å². The van der Waals surface area contributed by atoms with Crippen LogP contribution in [-0.2, 0) is 16.1 Å². The molecule has 0 radical (unpaired) electrons. The lowest BCUT2D eigenvalue weighted by atomic mass is 10.1. The molecule has 1 rings (SSSR count). The van der Waals surface area contributed by atoms with Gasteiger partial charge in [-0.1, -0.05) is 13.8 Å². The fourth-order valence-electron chi connectivity index (χ4n) is 1.42. The Bertz CT molecular complexity index is 441. The zero-order valence-corrected chi connectivity index (χ0v) is 10.8. The molecule has 0 bridgehead atoms. The highest BCUT2D eigenvalue weighted by Gasteiger charge is 2.18. The molecule has 0 aliphatic rings. The van der Waals surface area contributed by atoms with Gasteiger partial charge in [0.05, 0.1) is 5.92 Å².